The summed E-state index contributed by atoms with van der Waals surface area (Å²) >= 11 is 0. The van der Waals surface area contributed by atoms with Crippen molar-refractivity contribution >= 4 is 75.8 Å². The van der Waals surface area contributed by atoms with Gasteiger partial charge in [-0.15, -0.1) is 0 Å². The number of phenolic OH excluding ortho intramolecular Hbond substituents is 1. The van der Waals surface area contributed by atoms with Crippen LogP contribution in [0.3, 0.4) is 0 Å². The van der Waals surface area contributed by atoms with E-state index in [0.29, 0.717) is 5.56 Å². The zero-order valence-corrected chi connectivity index (χ0v) is 41.8. The Labute approximate surface area is 414 Å². The van der Waals surface area contributed by atoms with Crippen LogP contribution in [-0.2, 0) is 70.0 Å². The number of carbonyl (C=O) groups is 11. The average molecular weight is 1020 g/mol. The molecule has 396 valence electrons. The molecule has 1 aromatic rings. The lowest BCUT2D eigenvalue weighted by atomic mass is 9.70. The van der Waals surface area contributed by atoms with Crippen LogP contribution >= 0.6 is 0 Å². The SMILES string of the molecule is CCC(C)(C)C1(C)NC(=O)C(Cc2ccc(O)cc2)NC(=O)CCS(=O)CCC(C(=O)NC(CCO)C(=O)NC(CC(C)C)C(=O)NCC(N)=O)NC(=O)C(CC(N)=O)NC(=O)C(CCC(N)=O)NC1=O. The van der Waals surface area contributed by atoms with Crippen molar-refractivity contribution in [2.75, 3.05) is 24.7 Å². The van der Waals surface area contributed by atoms with Gasteiger partial charge in [-0.05, 0) is 68.1 Å². The third-order valence-electron chi connectivity index (χ3n) is 12.1. The Balaban J connectivity index is 2.71. The van der Waals surface area contributed by atoms with Gasteiger partial charge in [0.15, 0.2) is 0 Å². The standard InChI is InChI=1S/C45H71N11O14S/c1-7-44(4,5)45(6)43(69)55-27(12-13-33(46)59)38(64)54-32(22-34(47)60)41(67)52-29(40(66)51-28(14-17-57)39(65)53-30(20-24(2)3)37(63)49-23-35(48)61)15-18-71(70)19-16-36(62)50-31(42(68)56-45)21-25-8-10-26(58)11-9-25/h8-11,24,27-32,57-58H,7,12-23H2,1-6H3,(H2,46,59)(H2,47,60)(H2,48,61)(H,49,63)(H,50,62)(H,51,66)(H,52,67)(H,53,65)(H,54,64)(H,55,69)(H,56,68). The summed E-state index contributed by atoms with van der Waals surface area (Å²) in [5.41, 5.74) is 13.5. The number of carbonyl (C=O) groups excluding carboxylic acids is 11. The van der Waals surface area contributed by atoms with Gasteiger partial charge in [0, 0.05) is 48.2 Å². The van der Waals surface area contributed by atoms with Crippen molar-refractivity contribution in [2.24, 2.45) is 28.5 Å². The summed E-state index contributed by atoms with van der Waals surface area (Å²) in [5, 5.41) is 39.6. The normalized spacial score (nSPS) is 23.0. The number of amides is 11. The molecule has 8 atom stereocenters. The van der Waals surface area contributed by atoms with Crippen LogP contribution in [0.25, 0.3) is 0 Å². The first-order valence-electron chi connectivity index (χ1n) is 23.1. The molecular formula is C45H71N11O14S. The van der Waals surface area contributed by atoms with Gasteiger partial charge in [0.05, 0.1) is 13.0 Å². The summed E-state index contributed by atoms with van der Waals surface area (Å²) in [7, 11) is -1.93. The lowest BCUT2D eigenvalue weighted by molar-refractivity contribution is -0.142. The van der Waals surface area contributed by atoms with Crippen LogP contribution < -0.4 is 59.7 Å². The van der Waals surface area contributed by atoms with Crippen molar-refractivity contribution in [3.63, 3.8) is 0 Å². The molecule has 0 radical (unpaired) electrons. The second kappa shape index (κ2) is 28.2. The quantitative estimate of drug-likeness (QED) is 0.0591. The molecule has 2 rings (SSSR count). The molecule has 16 N–H and O–H groups in total. The van der Waals surface area contributed by atoms with Crippen LogP contribution in [-0.4, -0.2) is 146 Å². The van der Waals surface area contributed by atoms with Crippen molar-refractivity contribution in [3.8, 4) is 5.75 Å². The minimum absolute atomic E-state index is 0.0704. The summed E-state index contributed by atoms with van der Waals surface area (Å²) in [5.74, 6) is -11.5. The van der Waals surface area contributed by atoms with Gasteiger partial charge >= 0.3 is 0 Å². The summed E-state index contributed by atoms with van der Waals surface area (Å²) in [4.78, 5) is 147. The van der Waals surface area contributed by atoms with E-state index in [-0.39, 0.29) is 42.4 Å². The number of phenols is 1. The Morgan fingerprint density at radius 3 is 2.01 bits per heavy atom. The van der Waals surface area contributed by atoms with E-state index in [2.05, 4.69) is 42.5 Å². The number of rotatable bonds is 20. The number of benzene rings is 1. The van der Waals surface area contributed by atoms with Gasteiger partial charge in [-0.25, -0.2) is 0 Å². The van der Waals surface area contributed by atoms with E-state index in [1.54, 1.807) is 34.6 Å². The first-order chi connectivity index (χ1) is 33.1. The zero-order valence-electron chi connectivity index (χ0n) is 41.0. The molecule has 26 heteroatoms. The largest absolute Gasteiger partial charge is 0.508 e. The molecule has 1 saturated heterocycles. The molecule has 1 aliphatic rings. The Morgan fingerprint density at radius 2 is 1.45 bits per heavy atom. The smallest absolute Gasteiger partial charge is 0.246 e. The lowest BCUT2D eigenvalue weighted by Crippen LogP contribution is -2.68. The van der Waals surface area contributed by atoms with Gasteiger partial charge in [-0.3, -0.25) is 56.9 Å². The number of hydrogen-bond acceptors (Lipinski definition) is 14. The maximum absolute atomic E-state index is 14.5. The highest BCUT2D eigenvalue weighted by atomic mass is 32.2. The van der Waals surface area contributed by atoms with Gasteiger partial charge < -0.3 is 69.9 Å². The van der Waals surface area contributed by atoms with Crippen LogP contribution in [0.4, 0.5) is 0 Å². The summed E-state index contributed by atoms with van der Waals surface area (Å²) in [6.07, 6.45) is -2.95. The van der Waals surface area contributed by atoms with Gasteiger partial charge in [0.25, 0.3) is 0 Å². The Hall–Kier alpha value is -6.70. The highest BCUT2D eigenvalue weighted by molar-refractivity contribution is 7.85. The summed E-state index contributed by atoms with van der Waals surface area (Å²) < 4.78 is 13.5. The van der Waals surface area contributed by atoms with Crippen molar-refractivity contribution in [1.82, 2.24) is 42.5 Å². The van der Waals surface area contributed by atoms with Crippen molar-refractivity contribution in [3.05, 3.63) is 29.8 Å². The van der Waals surface area contributed by atoms with Gasteiger partial charge in [-0.2, -0.15) is 0 Å². The maximum Gasteiger partial charge on any atom is 0.246 e. The minimum Gasteiger partial charge on any atom is -0.508 e. The van der Waals surface area contributed by atoms with E-state index in [0.717, 1.165) is 0 Å². The number of aromatic hydroxyl groups is 1. The molecule has 1 aliphatic heterocycles. The van der Waals surface area contributed by atoms with Gasteiger partial charge in [0.1, 0.15) is 47.5 Å². The molecule has 0 aromatic heterocycles. The highest BCUT2D eigenvalue weighted by Crippen LogP contribution is 2.35. The highest BCUT2D eigenvalue weighted by Gasteiger charge is 2.49. The van der Waals surface area contributed by atoms with E-state index in [4.69, 9.17) is 17.2 Å². The van der Waals surface area contributed by atoms with Crippen molar-refractivity contribution in [1.29, 1.82) is 0 Å². The van der Waals surface area contributed by atoms with E-state index >= 15 is 0 Å². The monoisotopic (exact) mass is 1020 g/mol. The molecule has 8 unspecified atom stereocenters. The number of nitrogens with two attached hydrogens (primary N) is 3. The van der Waals surface area contributed by atoms with E-state index in [1.165, 1.54) is 31.2 Å². The molecule has 11 amide bonds. The van der Waals surface area contributed by atoms with Crippen molar-refractivity contribution < 1.29 is 67.2 Å². The molecule has 0 spiro atoms. The molecule has 0 bridgehead atoms. The molecule has 71 heavy (non-hydrogen) atoms. The van der Waals surface area contributed by atoms with Crippen molar-refractivity contribution in [2.45, 2.75) is 141 Å². The Kier molecular flexibility index (Phi) is 24.0. The van der Waals surface area contributed by atoms with E-state index in [1.807, 2.05) is 0 Å². The number of nitrogens with one attached hydrogen (secondary N) is 8. The van der Waals surface area contributed by atoms with Gasteiger partial charge in [-0.1, -0.05) is 46.8 Å². The number of primary amides is 3. The lowest BCUT2D eigenvalue weighted by Gasteiger charge is -2.44. The maximum atomic E-state index is 14.5. The second-order valence-corrected chi connectivity index (χ2v) is 20.2. The Morgan fingerprint density at radius 1 is 0.817 bits per heavy atom. The second-order valence-electron chi connectivity index (χ2n) is 18.5. The fourth-order valence-corrected chi connectivity index (χ4v) is 8.26. The number of aliphatic hydroxyl groups excluding tert-OH is 1. The number of hydrogen-bond donors (Lipinski definition) is 13. The third kappa shape index (κ3) is 19.9. The third-order valence-corrected chi connectivity index (χ3v) is 13.4. The van der Waals surface area contributed by atoms with Crippen LogP contribution in [0.1, 0.15) is 98.5 Å². The van der Waals surface area contributed by atoms with E-state index in [9.17, 15) is 67.2 Å². The minimum atomic E-state index is -1.93. The first-order valence-corrected chi connectivity index (χ1v) is 24.6. The fourth-order valence-electron chi connectivity index (χ4n) is 7.15. The van der Waals surface area contributed by atoms with Crippen LogP contribution in [0, 0.1) is 11.3 Å². The average Bonchev–Trinajstić information content (AvgIpc) is 3.28. The van der Waals surface area contributed by atoms with Crippen LogP contribution in [0.15, 0.2) is 24.3 Å². The molecule has 1 aromatic carbocycles. The summed E-state index contributed by atoms with van der Waals surface area (Å²) in [6.45, 7) is 8.72. The molecule has 25 nitrogen and oxygen atoms in total. The molecular weight excluding hydrogens is 951 g/mol. The molecule has 0 aliphatic carbocycles. The number of aliphatic hydroxyl groups is 1. The van der Waals surface area contributed by atoms with Crippen LogP contribution in [0.5, 0.6) is 5.75 Å². The zero-order chi connectivity index (χ0) is 53.8. The van der Waals surface area contributed by atoms with Crippen LogP contribution in [0.2, 0.25) is 0 Å². The molecule has 0 saturated carbocycles. The first kappa shape index (κ1) is 60.4. The molecule has 1 fully saturated rings. The Bertz CT molecular complexity index is 2140. The topological polar surface area (TPSA) is 420 Å². The fraction of sp³-hybridized carbons (Fsp3) is 0.622. The summed E-state index contributed by atoms with van der Waals surface area (Å²) in [6, 6.07) is -3.66. The predicted molar refractivity (Wildman–Crippen MR) is 257 cm³/mol. The predicted octanol–water partition coefficient (Wildman–Crippen LogP) is -4.13. The van der Waals surface area contributed by atoms with E-state index < -0.39 is 175 Å². The molecule has 1 heterocycles. The van der Waals surface area contributed by atoms with Gasteiger partial charge in [0.2, 0.25) is 65.0 Å².